The second-order valence-corrected chi connectivity index (χ2v) is 7.10. The van der Waals surface area contributed by atoms with E-state index in [1.165, 1.54) is 10.2 Å². The van der Waals surface area contributed by atoms with Crippen molar-refractivity contribution >= 4 is 17.5 Å². The molecule has 10 heteroatoms. The first-order valence-electron chi connectivity index (χ1n) is 9.19. The Morgan fingerprint density at radius 3 is 2.52 bits per heavy atom. The molecule has 0 spiro atoms. The fourth-order valence-corrected chi connectivity index (χ4v) is 3.01. The third-order valence-corrected chi connectivity index (χ3v) is 4.66. The highest BCUT2D eigenvalue weighted by molar-refractivity contribution is 5.90. The van der Waals surface area contributed by atoms with Gasteiger partial charge in [0.2, 0.25) is 11.9 Å². The number of amides is 1. The third kappa shape index (κ3) is 4.65. The highest BCUT2D eigenvalue weighted by Gasteiger charge is 2.24. The van der Waals surface area contributed by atoms with E-state index in [1.54, 1.807) is 31.8 Å². The van der Waals surface area contributed by atoms with Crippen LogP contribution >= 0.6 is 0 Å². The molecule has 0 saturated heterocycles. The predicted molar refractivity (Wildman–Crippen MR) is 106 cm³/mol. The van der Waals surface area contributed by atoms with Crippen LogP contribution in [0.4, 0.5) is 11.6 Å². The summed E-state index contributed by atoms with van der Waals surface area (Å²) in [6.45, 7) is 7.72. The van der Waals surface area contributed by atoms with E-state index in [2.05, 4.69) is 20.5 Å². The molecule has 2 heterocycles. The summed E-state index contributed by atoms with van der Waals surface area (Å²) in [5.41, 5.74) is 3.00. The van der Waals surface area contributed by atoms with Gasteiger partial charge in [0, 0.05) is 0 Å². The van der Waals surface area contributed by atoms with E-state index < -0.39 is 10.8 Å². The van der Waals surface area contributed by atoms with Crippen LogP contribution in [-0.2, 0) is 17.9 Å². The Balaban J connectivity index is 1.62. The molecule has 3 rings (SSSR count). The van der Waals surface area contributed by atoms with Crippen LogP contribution in [0.15, 0.2) is 30.6 Å². The summed E-state index contributed by atoms with van der Waals surface area (Å²) in [5.74, 6) is -0.543. The molecule has 1 atom stereocenters. The maximum absolute atomic E-state index is 12.5. The first-order valence-corrected chi connectivity index (χ1v) is 9.19. The molecule has 29 heavy (non-hydrogen) atoms. The van der Waals surface area contributed by atoms with Gasteiger partial charge < -0.3 is 0 Å². The Morgan fingerprint density at radius 1 is 1.21 bits per heavy atom. The zero-order chi connectivity index (χ0) is 21.1. The Bertz CT molecular complexity index is 1040. The van der Waals surface area contributed by atoms with Crippen LogP contribution < -0.4 is 5.32 Å². The van der Waals surface area contributed by atoms with Crippen LogP contribution in [-0.4, -0.2) is 35.4 Å². The number of benzene rings is 1. The number of hydrogen-bond acceptors (Lipinski definition) is 6. The van der Waals surface area contributed by atoms with Gasteiger partial charge in [-0.05, 0) is 26.3 Å². The molecule has 0 aliphatic carbocycles. The predicted octanol–water partition coefficient (Wildman–Crippen LogP) is 2.63. The third-order valence-electron chi connectivity index (χ3n) is 4.66. The molecule has 2 aromatic heterocycles. The van der Waals surface area contributed by atoms with Crippen LogP contribution in [0.5, 0.6) is 0 Å². The molecule has 1 aromatic carbocycles. The second kappa shape index (κ2) is 8.21. The van der Waals surface area contributed by atoms with Gasteiger partial charge in [0.05, 0.1) is 23.9 Å². The zero-order valence-electron chi connectivity index (χ0n) is 16.8. The normalized spacial score (nSPS) is 12.0. The van der Waals surface area contributed by atoms with Gasteiger partial charge in [-0.1, -0.05) is 36.8 Å². The smallest absolute Gasteiger partial charge is 0.293 e. The molecule has 1 amide bonds. The summed E-state index contributed by atoms with van der Waals surface area (Å²) in [4.78, 5) is 27.3. The van der Waals surface area contributed by atoms with E-state index >= 15 is 0 Å². The number of anilines is 1. The van der Waals surface area contributed by atoms with E-state index in [1.807, 2.05) is 31.2 Å². The number of rotatable bonds is 7. The van der Waals surface area contributed by atoms with Gasteiger partial charge in [-0.3, -0.25) is 24.9 Å². The molecule has 1 N–H and O–H groups in total. The molecule has 0 bridgehead atoms. The number of carbonyl (C=O) groups is 1. The van der Waals surface area contributed by atoms with Crippen molar-refractivity contribution in [3.63, 3.8) is 0 Å². The van der Waals surface area contributed by atoms with Crippen molar-refractivity contribution in [1.29, 1.82) is 0 Å². The van der Waals surface area contributed by atoms with E-state index in [-0.39, 0.29) is 24.1 Å². The van der Waals surface area contributed by atoms with Crippen molar-refractivity contribution in [3.05, 3.63) is 63.2 Å². The number of nitro groups is 1. The van der Waals surface area contributed by atoms with Crippen LogP contribution in [0.3, 0.4) is 0 Å². The maximum atomic E-state index is 12.5. The first kappa shape index (κ1) is 20.2. The summed E-state index contributed by atoms with van der Waals surface area (Å²) in [7, 11) is 0. The lowest BCUT2D eigenvalue weighted by atomic mass is 10.1. The topological polar surface area (TPSA) is 121 Å². The van der Waals surface area contributed by atoms with E-state index in [0.29, 0.717) is 17.9 Å². The zero-order valence-corrected chi connectivity index (χ0v) is 16.8. The number of carbonyl (C=O) groups excluding carboxylic acids is 1. The minimum absolute atomic E-state index is 0.0193. The van der Waals surface area contributed by atoms with Crippen LogP contribution in [0.2, 0.25) is 0 Å². The minimum Gasteiger partial charge on any atom is -0.293 e. The number of hydrogen-bond donors (Lipinski definition) is 1. The molecule has 3 aromatic rings. The van der Waals surface area contributed by atoms with Crippen LogP contribution in [0.25, 0.3) is 0 Å². The lowest BCUT2D eigenvalue weighted by Gasteiger charge is -2.11. The van der Waals surface area contributed by atoms with Crippen molar-refractivity contribution in [3.8, 4) is 0 Å². The average molecular weight is 397 g/mol. The molecule has 0 saturated carbocycles. The van der Waals surface area contributed by atoms with Crippen molar-refractivity contribution in [1.82, 2.24) is 24.5 Å². The van der Waals surface area contributed by atoms with Gasteiger partial charge in [-0.25, -0.2) is 9.67 Å². The van der Waals surface area contributed by atoms with E-state index in [9.17, 15) is 14.9 Å². The van der Waals surface area contributed by atoms with E-state index in [0.717, 1.165) is 5.56 Å². The van der Waals surface area contributed by atoms with Gasteiger partial charge in [-0.15, -0.1) is 5.10 Å². The number of nitrogens with zero attached hydrogens (tertiary/aromatic N) is 6. The summed E-state index contributed by atoms with van der Waals surface area (Å²) in [6.07, 6.45) is 1.56. The van der Waals surface area contributed by atoms with Gasteiger partial charge in [-0.2, -0.15) is 5.10 Å². The van der Waals surface area contributed by atoms with Crippen molar-refractivity contribution in [2.24, 2.45) is 5.92 Å². The molecule has 152 valence electrons. The summed E-state index contributed by atoms with van der Waals surface area (Å²) in [5, 5.41) is 22.3. The number of aromatic nitrogens is 5. The van der Waals surface area contributed by atoms with Crippen molar-refractivity contribution < 1.29 is 9.72 Å². The molecule has 0 fully saturated rings. The minimum atomic E-state index is -0.475. The molecular weight excluding hydrogens is 374 g/mol. The highest BCUT2D eigenvalue weighted by Crippen LogP contribution is 2.22. The lowest BCUT2D eigenvalue weighted by molar-refractivity contribution is -0.386. The van der Waals surface area contributed by atoms with Gasteiger partial charge in [0.25, 0.3) is 0 Å². The first-order chi connectivity index (χ1) is 13.7. The lowest BCUT2D eigenvalue weighted by Crippen LogP contribution is -2.26. The Kier molecular flexibility index (Phi) is 5.71. The quantitative estimate of drug-likeness (QED) is 0.483. The Labute approximate surface area is 167 Å². The van der Waals surface area contributed by atoms with Gasteiger partial charge >= 0.3 is 5.69 Å². The Hall–Kier alpha value is -3.56. The maximum Gasteiger partial charge on any atom is 0.312 e. The molecule has 0 radical (unpaired) electrons. The molecular formula is C19H23N7O3. The van der Waals surface area contributed by atoms with Crippen molar-refractivity contribution in [2.45, 2.75) is 40.8 Å². The molecule has 1 unspecified atom stereocenters. The number of nitrogens with one attached hydrogen (secondary N) is 1. The van der Waals surface area contributed by atoms with Gasteiger partial charge in [0.15, 0.2) is 0 Å². The molecule has 0 aliphatic heterocycles. The SMILES string of the molecule is Cc1ccc(Cn2cnc(NC(=O)C(C)Cn3nc(C)c([N+](=O)[O-])c3C)n2)cc1. The standard InChI is InChI=1S/C19H23N7O3/c1-12-5-7-16(8-6-12)10-24-11-20-19(23-24)21-18(27)13(2)9-25-15(4)17(26(28)29)14(3)22-25/h5-8,11,13H,9-10H2,1-4H3,(H,21,23,27). The van der Waals surface area contributed by atoms with Crippen LogP contribution in [0, 0.1) is 36.8 Å². The van der Waals surface area contributed by atoms with Gasteiger partial charge in [0.1, 0.15) is 17.7 Å². The van der Waals surface area contributed by atoms with Crippen LogP contribution in [0.1, 0.15) is 29.4 Å². The summed E-state index contributed by atoms with van der Waals surface area (Å²) >= 11 is 0. The Morgan fingerprint density at radius 2 is 1.90 bits per heavy atom. The van der Waals surface area contributed by atoms with Crippen molar-refractivity contribution in [2.75, 3.05) is 5.32 Å². The molecule has 10 nitrogen and oxygen atoms in total. The fourth-order valence-electron chi connectivity index (χ4n) is 3.01. The summed E-state index contributed by atoms with van der Waals surface area (Å²) < 4.78 is 3.14. The fraction of sp³-hybridized carbons (Fsp3) is 0.368. The highest BCUT2D eigenvalue weighted by atomic mass is 16.6. The molecule has 0 aliphatic rings. The second-order valence-electron chi connectivity index (χ2n) is 7.10. The summed E-state index contributed by atoms with van der Waals surface area (Å²) in [6, 6.07) is 8.09. The monoisotopic (exact) mass is 397 g/mol. The average Bonchev–Trinajstić information content (AvgIpc) is 3.20. The van der Waals surface area contributed by atoms with E-state index in [4.69, 9.17) is 0 Å². The largest absolute Gasteiger partial charge is 0.312 e. The number of aryl methyl sites for hydroxylation is 2.